The number of ether oxygens (including phenoxy) is 2. The fourth-order valence-electron chi connectivity index (χ4n) is 6.32. The molecule has 54 heavy (non-hydrogen) atoms. The van der Waals surface area contributed by atoms with Gasteiger partial charge in [0, 0.05) is 28.9 Å². The minimum Gasteiger partial charge on any atom is -0.497 e. The van der Waals surface area contributed by atoms with Crippen molar-refractivity contribution in [3.63, 3.8) is 0 Å². The number of para-hydroxylation sites is 1. The van der Waals surface area contributed by atoms with E-state index < -0.39 is 34.7 Å². The van der Waals surface area contributed by atoms with Gasteiger partial charge in [0.05, 0.1) is 18.2 Å². The van der Waals surface area contributed by atoms with Crippen molar-refractivity contribution in [3.05, 3.63) is 119 Å². The molecule has 2 unspecified atom stereocenters. The van der Waals surface area contributed by atoms with Crippen LogP contribution in [0.25, 0.3) is 0 Å². The number of amides is 3. The summed E-state index contributed by atoms with van der Waals surface area (Å²) in [6.07, 6.45) is 2.88. The van der Waals surface area contributed by atoms with Crippen LogP contribution in [0.1, 0.15) is 116 Å². The van der Waals surface area contributed by atoms with Crippen LogP contribution in [-0.4, -0.2) is 46.7 Å². The van der Waals surface area contributed by atoms with E-state index in [-0.39, 0.29) is 27.5 Å². The molecule has 0 saturated carbocycles. The highest BCUT2D eigenvalue weighted by molar-refractivity contribution is 6.52. The quantitative estimate of drug-likeness (QED) is 0.0293. The van der Waals surface area contributed by atoms with Crippen LogP contribution in [0.5, 0.6) is 11.5 Å². The number of benzene rings is 4. The van der Waals surface area contributed by atoms with Crippen LogP contribution in [-0.2, 0) is 15.6 Å². The van der Waals surface area contributed by atoms with Crippen LogP contribution in [0.4, 0.5) is 11.4 Å². The molecule has 0 fully saturated rings. The first kappa shape index (κ1) is 40.0. The molecule has 1 heterocycles. The molecule has 1 aliphatic heterocycles. The number of nitrogens with one attached hydrogen (secondary N) is 2. The highest BCUT2D eigenvalue weighted by Gasteiger charge is 2.58. The standard InChI is InChI=1S/C44H50ClN3O6/c1-9-15-37(54-36-25-20-29(42(4,5)10-2)26-35(36)43(6,7)11-3)46-31-21-24-33-34(27-31)40(51)48(39(33)50)44(45,41(52)47-30-16-13-12-14-17-30)38(49)28-18-22-32(53-8)23-19-28/h12-14,16-27,37,46H,9-11,15H2,1-8H3,(H,47,52). The van der Waals surface area contributed by atoms with Gasteiger partial charge in [0.1, 0.15) is 11.5 Å². The summed E-state index contributed by atoms with van der Waals surface area (Å²) in [6.45, 7) is 15.3. The van der Waals surface area contributed by atoms with Gasteiger partial charge in [0.2, 0.25) is 5.78 Å². The third-order valence-corrected chi connectivity index (χ3v) is 11.1. The second-order valence-electron chi connectivity index (χ2n) is 14.9. The zero-order valence-corrected chi connectivity index (χ0v) is 33.1. The number of methoxy groups -OCH3 is 1. The van der Waals surface area contributed by atoms with Gasteiger partial charge < -0.3 is 20.1 Å². The Hall–Kier alpha value is -5.15. The van der Waals surface area contributed by atoms with Crippen molar-refractivity contribution in [1.29, 1.82) is 0 Å². The average Bonchev–Trinajstić information content (AvgIpc) is 3.42. The number of nitrogens with zero attached hydrogens (tertiary/aromatic N) is 1. The molecule has 4 aromatic carbocycles. The van der Waals surface area contributed by atoms with E-state index in [1.165, 1.54) is 49.1 Å². The van der Waals surface area contributed by atoms with Crippen molar-refractivity contribution >= 4 is 46.5 Å². The van der Waals surface area contributed by atoms with Gasteiger partial charge in [-0.15, -0.1) is 0 Å². The van der Waals surface area contributed by atoms with Gasteiger partial charge in [-0.25, -0.2) is 4.90 Å². The number of Topliss-reactive ketones (excluding diaryl/α,β-unsaturated/α-hetero) is 1. The normalized spacial score (nSPS) is 14.6. The van der Waals surface area contributed by atoms with E-state index in [9.17, 15) is 19.2 Å². The Balaban J connectivity index is 1.48. The monoisotopic (exact) mass is 751 g/mol. The summed E-state index contributed by atoms with van der Waals surface area (Å²) in [5.41, 5.74) is 3.08. The Labute approximate surface area is 323 Å². The lowest BCUT2D eigenvalue weighted by Gasteiger charge is -2.32. The number of hydrogen-bond acceptors (Lipinski definition) is 7. The number of carbonyl (C=O) groups is 4. The zero-order chi connectivity index (χ0) is 39.4. The smallest absolute Gasteiger partial charge is 0.274 e. The lowest BCUT2D eigenvalue weighted by Crippen LogP contribution is -2.60. The maximum absolute atomic E-state index is 14.2. The summed E-state index contributed by atoms with van der Waals surface area (Å²) in [4.78, 5) is 54.2. The van der Waals surface area contributed by atoms with Crippen molar-refractivity contribution in [2.24, 2.45) is 0 Å². The molecule has 1 aliphatic rings. The van der Waals surface area contributed by atoms with Crippen LogP contribution in [0.2, 0.25) is 0 Å². The SMILES string of the molecule is CCCC(Nc1ccc2c(c1)C(=O)N(C(Cl)(C(=O)Nc1ccccc1)C(=O)c1ccc(OC)cc1)C2=O)Oc1ccc(C(C)(C)CC)cc1C(C)(C)CC. The van der Waals surface area contributed by atoms with E-state index in [1.54, 1.807) is 36.4 Å². The van der Waals surface area contributed by atoms with Crippen molar-refractivity contribution in [2.45, 2.75) is 96.2 Å². The Bertz CT molecular complexity index is 2030. The Kier molecular flexibility index (Phi) is 11.9. The molecule has 0 saturated heterocycles. The summed E-state index contributed by atoms with van der Waals surface area (Å²) >= 11 is 7.01. The predicted octanol–water partition coefficient (Wildman–Crippen LogP) is 9.74. The predicted molar refractivity (Wildman–Crippen MR) is 214 cm³/mol. The number of carbonyl (C=O) groups excluding carboxylic acids is 4. The number of alkyl halides is 1. The lowest BCUT2D eigenvalue weighted by atomic mass is 9.76. The molecule has 5 rings (SSSR count). The van der Waals surface area contributed by atoms with Crippen LogP contribution in [0.3, 0.4) is 0 Å². The molecule has 0 bridgehead atoms. The Morgan fingerprint density at radius 1 is 0.778 bits per heavy atom. The van der Waals surface area contributed by atoms with Gasteiger partial charge in [0.25, 0.3) is 22.7 Å². The van der Waals surface area contributed by atoms with Crippen LogP contribution >= 0.6 is 11.6 Å². The molecule has 0 radical (unpaired) electrons. The maximum Gasteiger partial charge on any atom is 0.274 e. The first-order valence-corrected chi connectivity index (χ1v) is 18.8. The highest BCUT2D eigenvalue weighted by atomic mass is 35.5. The summed E-state index contributed by atoms with van der Waals surface area (Å²) in [5, 5.41) is 6.04. The third-order valence-electron chi connectivity index (χ3n) is 10.6. The second kappa shape index (κ2) is 16.1. The minimum absolute atomic E-state index is 0.000675. The molecule has 284 valence electrons. The largest absolute Gasteiger partial charge is 0.497 e. The molecule has 0 spiro atoms. The first-order valence-electron chi connectivity index (χ1n) is 18.5. The van der Waals surface area contributed by atoms with Crippen LogP contribution in [0, 0.1) is 0 Å². The lowest BCUT2D eigenvalue weighted by molar-refractivity contribution is -0.120. The summed E-state index contributed by atoms with van der Waals surface area (Å²) in [5.74, 6) is -2.52. The zero-order valence-electron chi connectivity index (χ0n) is 32.3. The summed E-state index contributed by atoms with van der Waals surface area (Å²) in [7, 11) is 1.48. The van der Waals surface area contributed by atoms with Gasteiger partial charge in [-0.2, -0.15) is 0 Å². The number of halogens is 1. The van der Waals surface area contributed by atoms with Gasteiger partial charge in [-0.1, -0.05) is 96.8 Å². The molecular formula is C44H50ClN3O6. The minimum atomic E-state index is -2.76. The van der Waals surface area contributed by atoms with Crippen molar-refractivity contribution in [3.8, 4) is 11.5 Å². The van der Waals surface area contributed by atoms with Crippen molar-refractivity contribution in [1.82, 2.24) is 4.90 Å². The fraction of sp³-hybridized carbons (Fsp3) is 0.364. The Morgan fingerprint density at radius 2 is 1.43 bits per heavy atom. The molecular weight excluding hydrogens is 702 g/mol. The van der Waals surface area contributed by atoms with E-state index in [4.69, 9.17) is 21.1 Å². The number of hydrogen-bond donors (Lipinski definition) is 2. The highest BCUT2D eigenvalue weighted by Crippen LogP contribution is 2.40. The first-order chi connectivity index (χ1) is 25.6. The van der Waals surface area contributed by atoms with E-state index in [2.05, 4.69) is 71.2 Å². The van der Waals surface area contributed by atoms with E-state index in [0.717, 1.165) is 30.6 Å². The fourth-order valence-corrected chi connectivity index (χ4v) is 6.63. The van der Waals surface area contributed by atoms with Gasteiger partial charge >= 0.3 is 0 Å². The average molecular weight is 752 g/mol. The molecule has 3 amide bonds. The van der Waals surface area contributed by atoms with Crippen molar-refractivity contribution < 1.29 is 28.7 Å². The molecule has 4 aromatic rings. The van der Waals surface area contributed by atoms with Gasteiger partial charge in [0.15, 0.2) is 6.23 Å². The molecule has 2 atom stereocenters. The number of fused-ring (bicyclic) bond motifs is 1. The number of ketones is 1. The summed E-state index contributed by atoms with van der Waals surface area (Å²) < 4.78 is 11.9. The molecule has 10 heteroatoms. The summed E-state index contributed by atoms with van der Waals surface area (Å²) in [6, 6.07) is 25.4. The Morgan fingerprint density at radius 3 is 2.04 bits per heavy atom. The van der Waals surface area contributed by atoms with Crippen LogP contribution in [0.15, 0.2) is 91.0 Å². The molecule has 9 nitrogen and oxygen atoms in total. The molecule has 0 aromatic heterocycles. The van der Waals surface area contributed by atoms with E-state index in [0.29, 0.717) is 28.4 Å². The van der Waals surface area contributed by atoms with Gasteiger partial charge in [-0.3, -0.25) is 19.2 Å². The van der Waals surface area contributed by atoms with E-state index in [1.807, 2.05) is 6.07 Å². The topological polar surface area (TPSA) is 114 Å². The number of rotatable bonds is 16. The molecule has 2 N–H and O–H groups in total. The molecule has 0 aliphatic carbocycles. The maximum atomic E-state index is 14.2. The third kappa shape index (κ3) is 7.87. The second-order valence-corrected chi connectivity index (χ2v) is 15.5. The number of imide groups is 1. The van der Waals surface area contributed by atoms with Crippen molar-refractivity contribution in [2.75, 3.05) is 17.7 Å². The number of anilines is 2. The van der Waals surface area contributed by atoms with E-state index >= 15 is 0 Å². The van der Waals surface area contributed by atoms with Gasteiger partial charge in [-0.05, 0) is 89.9 Å². The van der Waals surface area contributed by atoms with Crippen LogP contribution < -0.4 is 20.1 Å².